The third kappa shape index (κ3) is 4.70. The van der Waals surface area contributed by atoms with Gasteiger partial charge in [0.05, 0.1) is 5.52 Å². The van der Waals surface area contributed by atoms with Gasteiger partial charge >= 0.3 is 0 Å². The first kappa shape index (κ1) is 19.7. The number of hydrogen-bond acceptors (Lipinski definition) is 5. The molecule has 8 nitrogen and oxygen atoms in total. The Hall–Kier alpha value is -4.59. The summed E-state index contributed by atoms with van der Waals surface area (Å²) in [6, 6.07) is 22.1. The fourth-order valence-electron chi connectivity index (χ4n) is 2.84. The van der Waals surface area contributed by atoms with Crippen molar-refractivity contribution in [3.05, 3.63) is 102 Å². The summed E-state index contributed by atoms with van der Waals surface area (Å²) in [5.74, 6) is -1.39. The van der Waals surface area contributed by atoms with Gasteiger partial charge in [-0.25, -0.2) is 4.98 Å². The molecule has 0 radical (unpaired) electrons. The summed E-state index contributed by atoms with van der Waals surface area (Å²) < 4.78 is 0. The Morgan fingerprint density at radius 2 is 1.39 bits per heavy atom. The van der Waals surface area contributed by atoms with Crippen molar-refractivity contribution in [2.24, 2.45) is 0 Å². The van der Waals surface area contributed by atoms with Gasteiger partial charge in [0, 0.05) is 22.8 Å². The maximum atomic E-state index is 12.3. The van der Waals surface area contributed by atoms with Gasteiger partial charge < -0.3 is 5.32 Å². The van der Waals surface area contributed by atoms with Crippen LogP contribution in [-0.2, 0) is 0 Å². The number of nitrogens with zero attached hydrogens (tertiary/aromatic N) is 2. The molecule has 0 bridgehead atoms. The monoisotopic (exact) mass is 411 g/mol. The second-order valence-corrected chi connectivity index (χ2v) is 6.54. The van der Waals surface area contributed by atoms with Gasteiger partial charge in [-0.05, 0) is 48.5 Å². The lowest BCUT2D eigenvalue weighted by molar-refractivity contribution is 0.0844. The van der Waals surface area contributed by atoms with Crippen LogP contribution in [0.3, 0.4) is 0 Å². The summed E-state index contributed by atoms with van der Waals surface area (Å²) in [6.07, 6.45) is 1.53. The van der Waals surface area contributed by atoms with Crippen molar-refractivity contribution in [1.29, 1.82) is 0 Å². The first-order valence-corrected chi connectivity index (χ1v) is 9.39. The lowest BCUT2D eigenvalue weighted by Gasteiger charge is -2.09. The Bertz CT molecular complexity index is 1260. The van der Waals surface area contributed by atoms with Crippen molar-refractivity contribution in [2.75, 3.05) is 5.32 Å². The van der Waals surface area contributed by atoms with Gasteiger partial charge in [0.25, 0.3) is 17.7 Å². The summed E-state index contributed by atoms with van der Waals surface area (Å²) in [5.41, 5.74) is 6.68. The number of anilines is 1. The molecule has 4 rings (SSSR count). The highest BCUT2D eigenvalue weighted by molar-refractivity contribution is 6.03. The molecule has 0 spiro atoms. The number of rotatable bonds is 4. The highest BCUT2D eigenvalue weighted by Crippen LogP contribution is 2.12. The number of carbonyl (C=O) groups is 3. The molecule has 31 heavy (non-hydrogen) atoms. The number of hydrogen-bond donors (Lipinski definition) is 3. The van der Waals surface area contributed by atoms with Gasteiger partial charge in [0.15, 0.2) is 0 Å². The summed E-state index contributed by atoms with van der Waals surface area (Å²) in [6.45, 7) is 0. The van der Waals surface area contributed by atoms with Crippen LogP contribution < -0.4 is 16.2 Å². The number of hydrazine groups is 1. The number of pyridine rings is 2. The molecule has 4 aromatic rings. The SMILES string of the molecule is O=C(NNC(=O)c1ccc2ccccc2n1)c1ccc(NC(=O)c2ccccn2)cc1. The second-order valence-electron chi connectivity index (χ2n) is 6.54. The topological polar surface area (TPSA) is 113 Å². The van der Waals surface area contributed by atoms with E-state index in [1.807, 2.05) is 18.2 Å². The summed E-state index contributed by atoms with van der Waals surface area (Å²) >= 11 is 0. The number of fused-ring (bicyclic) bond motifs is 1. The normalized spacial score (nSPS) is 10.3. The zero-order chi connectivity index (χ0) is 21.6. The fraction of sp³-hybridized carbons (Fsp3) is 0. The predicted molar refractivity (Wildman–Crippen MR) is 115 cm³/mol. The molecule has 2 aromatic heterocycles. The average molecular weight is 411 g/mol. The van der Waals surface area contributed by atoms with Crippen LogP contribution in [0.1, 0.15) is 31.3 Å². The number of amides is 3. The van der Waals surface area contributed by atoms with Gasteiger partial charge in [0.2, 0.25) is 0 Å². The van der Waals surface area contributed by atoms with Crippen LogP contribution in [0.5, 0.6) is 0 Å². The Morgan fingerprint density at radius 3 is 2.16 bits per heavy atom. The van der Waals surface area contributed by atoms with Crippen molar-refractivity contribution in [1.82, 2.24) is 20.8 Å². The van der Waals surface area contributed by atoms with Crippen LogP contribution in [0.2, 0.25) is 0 Å². The molecule has 0 atom stereocenters. The van der Waals surface area contributed by atoms with E-state index >= 15 is 0 Å². The van der Waals surface area contributed by atoms with Gasteiger partial charge in [0.1, 0.15) is 11.4 Å². The Balaban J connectivity index is 1.35. The molecule has 0 aliphatic carbocycles. The predicted octanol–water partition coefficient (Wildman–Crippen LogP) is 2.96. The van der Waals surface area contributed by atoms with E-state index in [2.05, 4.69) is 26.1 Å². The van der Waals surface area contributed by atoms with E-state index in [4.69, 9.17) is 0 Å². The lowest BCUT2D eigenvalue weighted by Crippen LogP contribution is -2.41. The summed E-state index contributed by atoms with van der Waals surface area (Å²) in [4.78, 5) is 45.0. The van der Waals surface area contributed by atoms with Gasteiger partial charge in [-0.3, -0.25) is 30.2 Å². The standard InChI is InChI=1S/C23H17N5O3/c29-21(27-28-23(31)20-13-10-15-5-1-2-6-18(15)26-20)16-8-11-17(12-9-16)25-22(30)19-7-3-4-14-24-19/h1-14H,(H,25,30)(H,27,29)(H,28,31). The fourth-order valence-corrected chi connectivity index (χ4v) is 2.84. The van der Waals surface area contributed by atoms with Crippen LogP contribution in [0.4, 0.5) is 5.69 Å². The minimum atomic E-state index is -0.529. The van der Waals surface area contributed by atoms with Gasteiger partial charge in [-0.1, -0.05) is 30.3 Å². The molecule has 0 saturated heterocycles. The van der Waals surface area contributed by atoms with E-state index < -0.39 is 11.8 Å². The van der Waals surface area contributed by atoms with Crippen molar-refractivity contribution in [3.8, 4) is 0 Å². The van der Waals surface area contributed by atoms with Crippen LogP contribution in [0.15, 0.2) is 85.1 Å². The van der Waals surface area contributed by atoms with Crippen molar-refractivity contribution >= 4 is 34.3 Å². The summed E-state index contributed by atoms with van der Waals surface area (Å²) in [7, 11) is 0. The van der Waals surface area contributed by atoms with E-state index in [0.717, 1.165) is 5.39 Å². The molecular weight excluding hydrogens is 394 g/mol. The highest BCUT2D eigenvalue weighted by atomic mass is 16.2. The molecule has 8 heteroatoms. The van der Waals surface area contributed by atoms with Crippen LogP contribution in [-0.4, -0.2) is 27.7 Å². The quantitative estimate of drug-likeness (QED) is 0.447. The number of para-hydroxylation sites is 1. The maximum absolute atomic E-state index is 12.3. The Kier molecular flexibility index (Phi) is 5.62. The first-order chi connectivity index (χ1) is 15.1. The van der Waals surface area contributed by atoms with E-state index in [1.54, 1.807) is 48.5 Å². The van der Waals surface area contributed by atoms with E-state index in [0.29, 0.717) is 16.8 Å². The van der Waals surface area contributed by atoms with E-state index in [1.165, 1.54) is 18.3 Å². The molecule has 2 heterocycles. The van der Waals surface area contributed by atoms with Crippen LogP contribution >= 0.6 is 0 Å². The number of aromatic nitrogens is 2. The first-order valence-electron chi connectivity index (χ1n) is 9.39. The Labute approximate surface area is 177 Å². The van der Waals surface area contributed by atoms with Crippen LogP contribution in [0, 0.1) is 0 Å². The smallest absolute Gasteiger partial charge is 0.288 e. The summed E-state index contributed by atoms with van der Waals surface area (Å²) in [5, 5.41) is 3.61. The van der Waals surface area contributed by atoms with Crippen molar-refractivity contribution in [3.63, 3.8) is 0 Å². The zero-order valence-corrected chi connectivity index (χ0v) is 16.2. The second kappa shape index (κ2) is 8.83. The Morgan fingerprint density at radius 1 is 0.645 bits per heavy atom. The molecular formula is C23H17N5O3. The van der Waals surface area contributed by atoms with Gasteiger partial charge in [-0.15, -0.1) is 0 Å². The van der Waals surface area contributed by atoms with E-state index in [9.17, 15) is 14.4 Å². The minimum absolute atomic E-state index is 0.187. The molecule has 2 aromatic carbocycles. The number of benzene rings is 2. The highest BCUT2D eigenvalue weighted by Gasteiger charge is 2.12. The molecule has 3 N–H and O–H groups in total. The molecule has 0 fully saturated rings. The molecule has 0 saturated carbocycles. The molecule has 152 valence electrons. The van der Waals surface area contributed by atoms with Gasteiger partial charge in [-0.2, -0.15) is 0 Å². The maximum Gasteiger partial charge on any atom is 0.288 e. The third-order valence-corrected chi connectivity index (χ3v) is 4.42. The number of nitrogens with one attached hydrogen (secondary N) is 3. The van der Waals surface area contributed by atoms with Crippen molar-refractivity contribution < 1.29 is 14.4 Å². The number of carbonyl (C=O) groups excluding carboxylic acids is 3. The van der Waals surface area contributed by atoms with Crippen LogP contribution in [0.25, 0.3) is 10.9 Å². The molecule has 0 aliphatic heterocycles. The molecule has 0 unspecified atom stereocenters. The third-order valence-electron chi connectivity index (χ3n) is 4.42. The average Bonchev–Trinajstić information content (AvgIpc) is 2.83. The van der Waals surface area contributed by atoms with E-state index in [-0.39, 0.29) is 17.3 Å². The molecule has 3 amide bonds. The minimum Gasteiger partial charge on any atom is -0.321 e. The lowest BCUT2D eigenvalue weighted by atomic mass is 10.2. The largest absolute Gasteiger partial charge is 0.321 e. The van der Waals surface area contributed by atoms with Crippen molar-refractivity contribution in [2.45, 2.75) is 0 Å². The molecule has 0 aliphatic rings. The zero-order valence-electron chi connectivity index (χ0n) is 16.2.